The van der Waals surface area contributed by atoms with Crippen LogP contribution in [0.25, 0.3) is 0 Å². The van der Waals surface area contributed by atoms with Crippen LogP contribution in [0.4, 0.5) is 0 Å². The van der Waals surface area contributed by atoms with Crippen LogP contribution in [0.2, 0.25) is 0 Å². The van der Waals surface area contributed by atoms with Gasteiger partial charge in [-0.15, -0.1) is 11.3 Å². The lowest BCUT2D eigenvalue weighted by Crippen LogP contribution is -2.28. The number of nitrogens with one attached hydrogen (secondary N) is 1. The van der Waals surface area contributed by atoms with E-state index >= 15 is 0 Å². The molecular weight excluding hydrogens is 194 g/mol. The summed E-state index contributed by atoms with van der Waals surface area (Å²) in [6.45, 7) is 4.64. The minimum Gasteiger partial charge on any atom is -0.396 e. The summed E-state index contributed by atoms with van der Waals surface area (Å²) in [5.74, 6) is 0. The Balaban J connectivity index is 2.29. The van der Waals surface area contributed by atoms with Crippen LogP contribution in [0, 0.1) is 0 Å². The molecule has 0 saturated carbocycles. The molecule has 0 aliphatic carbocycles. The van der Waals surface area contributed by atoms with Gasteiger partial charge >= 0.3 is 0 Å². The van der Waals surface area contributed by atoms with E-state index in [1.165, 1.54) is 4.88 Å². The van der Waals surface area contributed by atoms with E-state index in [1.807, 2.05) is 0 Å². The van der Waals surface area contributed by atoms with Crippen molar-refractivity contribution in [2.24, 2.45) is 0 Å². The molecule has 0 radical (unpaired) electrons. The number of hydrogen-bond acceptors (Lipinski definition) is 3. The van der Waals surface area contributed by atoms with Crippen LogP contribution in [0.5, 0.6) is 0 Å². The summed E-state index contributed by atoms with van der Waals surface area (Å²) in [5, 5.41) is 14.3. The predicted octanol–water partition coefficient (Wildman–Crippen LogP) is 2.56. The van der Waals surface area contributed by atoms with Gasteiger partial charge < -0.3 is 10.4 Å². The second-order valence-corrected chi connectivity index (χ2v) is 4.65. The van der Waals surface area contributed by atoms with Crippen LogP contribution in [-0.2, 0) is 0 Å². The summed E-state index contributed by atoms with van der Waals surface area (Å²) >= 11 is 1.78. The van der Waals surface area contributed by atoms with Crippen molar-refractivity contribution in [2.45, 2.75) is 38.8 Å². The molecule has 1 rings (SSSR count). The molecule has 1 aromatic heterocycles. The normalized spacial score (nSPS) is 15.4. The van der Waals surface area contributed by atoms with Gasteiger partial charge in [0.1, 0.15) is 0 Å². The Labute approximate surface area is 90.0 Å². The fourth-order valence-corrected chi connectivity index (χ4v) is 2.27. The lowest BCUT2D eigenvalue weighted by Gasteiger charge is -2.18. The van der Waals surface area contributed by atoms with Crippen LogP contribution < -0.4 is 5.32 Å². The Morgan fingerprint density at radius 3 is 2.86 bits per heavy atom. The Bertz CT molecular complexity index is 235. The van der Waals surface area contributed by atoms with Crippen molar-refractivity contribution in [1.82, 2.24) is 5.32 Å². The van der Waals surface area contributed by atoms with Gasteiger partial charge in [-0.2, -0.15) is 0 Å². The monoisotopic (exact) mass is 213 g/mol. The number of hydrogen-bond donors (Lipinski definition) is 2. The van der Waals surface area contributed by atoms with Crippen LogP contribution in [0.15, 0.2) is 17.5 Å². The average Bonchev–Trinajstić information content (AvgIpc) is 2.67. The molecule has 0 saturated heterocycles. The standard InChI is InChI=1S/C11H19NOS/c1-9(5-3-7-13)12-10(2)11-6-4-8-14-11/h4,6,8-10,12-13H,3,5,7H2,1-2H3. The van der Waals surface area contributed by atoms with Crippen LogP contribution in [0.3, 0.4) is 0 Å². The fourth-order valence-electron chi connectivity index (χ4n) is 1.53. The molecule has 0 spiro atoms. The third kappa shape index (κ3) is 3.78. The smallest absolute Gasteiger partial charge is 0.0431 e. The molecule has 0 aromatic carbocycles. The van der Waals surface area contributed by atoms with Gasteiger partial charge in [0.15, 0.2) is 0 Å². The van der Waals surface area contributed by atoms with Gasteiger partial charge in [0.2, 0.25) is 0 Å². The molecule has 0 fully saturated rings. The quantitative estimate of drug-likeness (QED) is 0.761. The molecule has 0 amide bonds. The van der Waals surface area contributed by atoms with Crippen molar-refractivity contribution in [2.75, 3.05) is 6.61 Å². The second kappa shape index (κ2) is 6.17. The van der Waals surface area contributed by atoms with Gasteiger partial charge in [-0.25, -0.2) is 0 Å². The Morgan fingerprint density at radius 1 is 1.50 bits per heavy atom. The zero-order valence-corrected chi connectivity index (χ0v) is 9.68. The van der Waals surface area contributed by atoms with Gasteiger partial charge in [0.25, 0.3) is 0 Å². The lowest BCUT2D eigenvalue weighted by molar-refractivity contribution is 0.274. The first kappa shape index (κ1) is 11.7. The maximum absolute atomic E-state index is 8.71. The molecule has 2 N–H and O–H groups in total. The molecule has 1 heterocycles. The first-order valence-electron chi connectivity index (χ1n) is 5.14. The maximum Gasteiger partial charge on any atom is 0.0431 e. The SMILES string of the molecule is CC(CCCO)NC(C)c1cccs1. The minimum absolute atomic E-state index is 0.291. The maximum atomic E-state index is 8.71. The minimum atomic E-state index is 0.291. The van der Waals surface area contributed by atoms with Gasteiger partial charge in [-0.1, -0.05) is 6.07 Å². The van der Waals surface area contributed by atoms with E-state index in [-0.39, 0.29) is 0 Å². The van der Waals surface area contributed by atoms with E-state index in [9.17, 15) is 0 Å². The summed E-state index contributed by atoms with van der Waals surface area (Å²) < 4.78 is 0. The third-order valence-electron chi connectivity index (χ3n) is 2.30. The zero-order chi connectivity index (χ0) is 10.4. The Hall–Kier alpha value is -0.380. The van der Waals surface area contributed by atoms with Crippen molar-refractivity contribution >= 4 is 11.3 Å². The summed E-state index contributed by atoms with van der Waals surface area (Å²) in [7, 11) is 0. The highest BCUT2D eigenvalue weighted by Crippen LogP contribution is 2.19. The summed E-state index contributed by atoms with van der Waals surface area (Å²) in [5.41, 5.74) is 0. The summed E-state index contributed by atoms with van der Waals surface area (Å²) in [4.78, 5) is 1.38. The zero-order valence-electron chi connectivity index (χ0n) is 8.86. The molecule has 80 valence electrons. The molecule has 2 atom stereocenters. The summed E-state index contributed by atoms with van der Waals surface area (Å²) in [6.07, 6.45) is 1.91. The first-order valence-corrected chi connectivity index (χ1v) is 6.02. The topological polar surface area (TPSA) is 32.3 Å². The van der Waals surface area contributed by atoms with Crippen LogP contribution in [-0.4, -0.2) is 17.8 Å². The highest BCUT2D eigenvalue weighted by atomic mass is 32.1. The molecule has 1 aromatic rings. The highest BCUT2D eigenvalue weighted by Gasteiger charge is 2.09. The van der Waals surface area contributed by atoms with Gasteiger partial charge in [-0.05, 0) is 38.1 Å². The van der Waals surface area contributed by atoms with E-state index < -0.39 is 0 Å². The Morgan fingerprint density at radius 2 is 2.29 bits per heavy atom. The van der Waals surface area contributed by atoms with Crippen molar-refractivity contribution < 1.29 is 5.11 Å². The molecule has 14 heavy (non-hydrogen) atoms. The van der Waals surface area contributed by atoms with Gasteiger partial charge in [0.05, 0.1) is 0 Å². The van der Waals surface area contributed by atoms with Crippen LogP contribution in [0.1, 0.15) is 37.6 Å². The fraction of sp³-hybridized carbons (Fsp3) is 0.636. The average molecular weight is 213 g/mol. The van der Waals surface area contributed by atoms with Crippen molar-refractivity contribution in [3.8, 4) is 0 Å². The van der Waals surface area contributed by atoms with Gasteiger partial charge in [0, 0.05) is 23.6 Å². The van der Waals surface area contributed by atoms with E-state index in [1.54, 1.807) is 11.3 Å². The number of aliphatic hydroxyl groups is 1. The predicted molar refractivity (Wildman–Crippen MR) is 61.7 cm³/mol. The highest BCUT2D eigenvalue weighted by molar-refractivity contribution is 7.10. The molecule has 0 aliphatic heterocycles. The second-order valence-electron chi connectivity index (χ2n) is 3.67. The van der Waals surface area contributed by atoms with Crippen LogP contribution >= 0.6 is 11.3 Å². The lowest BCUT2D eigenvalue weighted by atomic mass is 10.1. The number of aliphatic hydroxyl groups excluding tert-OH is 1. The largest absolute Gasteiger partial charge is 0.396 e. The van der Waals surface area contributed by atoms with Gasteiger partial charge in [-0.3, -0.25) is 0 Å². The van der Waals surface area contributed by atoms with E-state index in [0.29, 0.717) is 18.7 Å². The molecule has 3 heteroatoms. The molecule has 0 aliphatic rings. The van der Waals surface area contributed by atoms with E-state index in [4.69, 9.17) is 5.11 Å². The van der Waals surface area contributed by atoms with Crippen molar-refractivity contribution in [3.63, 3.8) is 0 Å². The molecule has 2 unspecified atom stereocenters. The molecular formula is C11H19NOS. The first-order chi connectivity index (χ1) is 6.74. The van der Waals surface area contributed by atoms with Crippen molar-refractivity contribution in [3.05, 3.63) is 22.4 Å². The molecule has 2 nitrogen and oxygen atoms in total. The number of thiophene rings is 1. The van der Waals surface area contributed by atoms with Crippen molar-refractivity contribution in [1.29, 1.82) is 0 Å². The van der Waals surface area contributed by atoms with E-state index in [2.05, 4.69) is 36.7 Å². The molecule has 0 bridgehead atoms. The Kier molecular flexibility index (Phi) is 5.15. The third-order valence-corrected chi connectivity index (χ3v) is 3.35. The summed E-state index contributed by atoms with van der Waals surface area (Å²) in [6, 6.07) is 5.13. The number of rotatable bonds is 6. The van der Waals surface area contributed by atoms with E-state index in [0.717, 1.165) is 12.8 Å².